The third-order valence-electron chi connectivity index (χ3n) is 4.18. The van der Waals surface area contributed by atoms with Crippen LogP contribution in [0.5, 0.6) is 0 Å². The van der Waals surface area contributed by atoms with E-state index in [1.54, 1.807) is 4.90 Å². The van der Waals surface area contributed by atoms with E-state index in [4.69, 9.17) is 0 Å². The summed E-state index contributed by atoms with van der Waals surface area (Å²) in [6, 6.07) is 0.483. The molecular formula is C11H17FN2O. The van der Waals surface area contributed by atoms with Crippen LogP contribution in [0, 0.1) is 5.92 Å². The fourth-order valence-corrected chi connectivity index (χ4v) is 2.95. The highest BCUT2D eigenvalue weighted by atomic mass is 19.1. The van der Waals surface area contributed by atoms with Gasteiger partial charge in [0, 0.05) is 19.1 Å². The first kappa shape index (κ1) is 9.58. The molecule has 0 bridgehead atoms. The molecule has 2 heterocycles. The molecule has 84 valence electrons. The Bertz CT molecular complexity index is 303. The van der Waals surface area contributed by atoms with Gasteiger partial charge in [-0.05, 0) is 38.8 Å². The van der Waals surface area contributed by atoms with Crippen LogP contribution in [0.2, 0.25) is 0 Å². The Kier molecular flexibility index (Phi) is 1.88. The molecule has 3 nitrogen and oxygen atoms in total. The van der Waals surface area contributed by atoms with Gasteiger partial charge in [-0.15, -0.1) is 0 Å². The van der Waals surface area contributed by atoms with Crippen molar-refractivity contribution in [2.45, 2.75) is 31.0 Å². The van der Waals surface area contributed by atoms with Crippen LogP contribution >= 0.6 is 0 Å². The smallest absolute Gasteiger partial charge is 0.260 e. The maximum atomic E-state index is 13.6. The van der Waals surface area contributed by atoms with E-state index in [9.17, 15) is 9.18 Å². The topological polar surface area (TPSA) is 23.6 Å². The molecule has 3 aliphatic rings. The van der Waals surface area contributed by atoms with Gasteiger partial charge in [-0.2, -0.15) is 0 Å². The number of hydrogen-bond acceptors (Lipinski definition) is 2. The van der Waals surface area contributed by atoms with Gasteiger partial charge in [0.15, 0.2) is 5.67 Å². The largest absolute Gasteiger partial charge is 0.338 e. The number of nitrogens with zero attached hydrogens (tertiary/aromatic N) is 2. The Morgan fingerprint density at radius 3 is 2.73 bits per heavy atom. The Balaban J connectivity index is 1.69. The summed E-state index contributed by atoms with van der Waals surface area (Å²) in [5.74, 6) is 0.339. The zero-order valence-corrected chi connectivity index (χ0v) is 9.08. The molecule has 0 aromatic rings. The summed E-state index contributed by atoms with van der Waals surface area (Å²) in [5, 5.41) is 0. The third kappa shape index (κ3) is 1.38. The number of amides is 1. The van der Waals surface area contributed by atoms with E-state index in [0.29, 0.717) is 24.8 Å². The van der Waals surface area contributed by atoms with Gasteiger partial charge >= 0.3 is 0 Å². The highest BCUT2D eigenvalue weighted by Gasteiger charge is 2.55. The van der Waals surface area contributed by atoms with Crippen LogP contribution in [0.15, 0.2) is 0 Å². The van der Waals surface area contributed by atoms with Crippen molar-refractivity contribution in [3.63, 3.8) is 0 Å². The normalized spacial score (nSPS) is 38.1. The SMILES string of the molecule is CN1CCC2CN(C(=O)C3(F)CC3)CC21. The molecular weight excluding hydrogens is 195 g/mol. The predicted octanol–water partition coefficient (Wildman–Crippen LogP) is 0.651. The van der Waals surface area contributed by atoms with Crippen molar-refractivity contribution in [2.24, 2.45) is 5.92 Å². The summed E-state index contributed by atoms with van der Waals surface area (Å²) >= 11 is 0. The van der Waals surface area contributed by atoms with Gasteiger partial charge in [-0.3, -0.25) is 4.79 Å². The Morgan fingerprint density at radius 2 is 2.13 bits per heavy atom. The number of halogens is 1. The average Bonchev–Trinajstić information content (AvgIpc) is 2.71. The molecule has 0 aromatic carbocycles. The number of hydrogen-bond donors (Lipinski definition) is 0. The van der Waals surface area contributed by atoms with Crippen molar-refractivity contribution in [1.82, 2.24) is 9.80 Å². The van der Waals surface area contributed by atoms with Crippen LogP contribution in [-0.2, 0) is 4.79 Å². The standard InChI is InChI=1S/C11H17FN2O/c1-13-5-2-8-6-14(7-9(8)13)10(15)11(12)3-4-11/h8-9H,2-7H2,1H3. The van der Waals surface area contributed by atoms with Crippen LogP contribution in [0.1, 0.15) is 19.3 Å². The van der Waals surface area contributed by atoms with Crippen LogP contribution in [0.4, 0.5) is 4.39 Å². The second-order valence-electron chi connectivity index (χ2n) is 5.27. The lowest BCUT2D eigenvalue weighted by molar-refractivity contribution is -0.137. The molecule has 2 unspecified atom stereocenters. The van der Waals surface area contributed by atoms with E-state index in [1.807, 2.05) is 0 Å². The molecule has 3 rings (SSSR count). The summed E-state index contributed by atoms with van der Waals surface area (Å²) in [6.07, 6.45) is 2.03. The zero-order valence-electron chi connectivity index (χ0n) is 9.08. The van der Waals surface area contributed by atoms with Crippen molar-refractivity contribution in [2.75, 3.05) is 26.7 Å². The Labute approximate surface area is 89.2 Å². The first-order valence-electron chi connectivity index (χ1n) is 5.79. The van der Waals surface area contributed by atoms with Gasteiger partial charge in [0.1, 0.15) is 0 Å². The minimum absolute atomic E-state index is 0.245. The van der Waals surface area contributed by atoms with Crippen LogP contribution in [0.25, 0.3) is 0 Å². The highest BCUT2D eigenvalue weighted by Crippen LogP contribution is 2.43. The van der Waals surface area contributed by atoms with Gasteiger partial charge in [0.2, 0.25) is 0 Å². The molecule has 1 saturated carbocycles. The summed E-state index contributed by atoms with van der Waals surface area (Å²) in [7, 11) is 2.10. The van der Waals surface area contributed by atoms with E-state index in [-0.39, 0.29) is 5.91 Å². The minimum Gasteiger partial charge on any atom is -0.338 e. The maximum Gasteiger partial charge on any atom is 0.260 e. The second kappa shape index (κ2) is 2.94. The lowest BCUT2D eigenvalue weighted by atomic mass is 10.1. The van der Waals surface area contributed by atoms with E-state index in [2.05, 4.69) is 11.9 Å². The van der Waals surface area contributed by atoms with Crippen molar-refractivity contribution >= 4 is 5.91 Å². The molecule has 0 spiro atoms. The van der Waals surface area contributed by atoms with Gasteiger partial charge in [0.05, 0.1) is 0 Å². The molecule has 3 fully saturated rings. The zero-order chi connectivity index (χ0) is 10.6. The fraction of sp³-hybridized carbons (Fsp3) is 0.909. The second-order valence-corrected chi connectivity index (χ2v) is 5.27. The molecule has 2 saturated heterocycles. The molecule has 0 radical (unpaired) electrons. The first-order valence-corrected chi connectivity index (χ1v) is 5.79. The van der Waals surface area contributed by atoms with E-state index >= 15 is 0 Å². The van der Waals surface area contributed by atoms with Gasteiger partial charge < -0.3 is 9.80 Å². The number of likely N-dealkylation sites (tertiary alicyclic amines) is 2. The number of fused-ring (bicyclic) bond motifs is 1. The summed E-state index contributed by atoms with van der Waals surface area (Å²) in [4.78, 5) is 15.8. The van der Waals surface area contributed by atoms with Crippen LogP contribution in [0.3, 0.4) is 0 Å². The van der Waals surface area contributed by atoms with Gasteiger partial charge in [0.25, 0.3) is 5.91 Å². The van der Waals surface area contributed by atoms with E-state index < -0.39 is 5.67 Å². The monoisotopic (exact) mass is 212 g/mol. The minimum atomic E-state index is -1.47. The van der Waals surface area contributed by atoms with Gasteiger partial charge in [-0.25, -0.2) is 4.39 Å². The number of likely N-dealkylation sites (N-methyl/N-ethyl adjacent to an activating group) is 1. The van der Waals surface area contributed by atoms with Crippen LogP contribution < -0.4 is 0 Å². The van der Waals surface area contributed by atoms with E-state index in [1.165, 1.54) is 0 Å². The van der Waals surface area contributed by atoms with E-state index in [0.717, 1.165) is 26.1 Å². The summed E-state index contributed by atoms with van der Waals surface area (Å²) < 4.78 is 13.6. The highest BCUT2D eigenvalue weighted by molar-refractivity contribution is 5.88. The molecule has 0 aromatic heterocycles. The van der Waals surface area contributed by atoms with Crippen LogP contribution in [-0.4, -0.2) is 54.1 Å². The Morgan fingerprint density at radius 1 is 1.40 bits per heavy atom. The Hall–Kier alpha value is -0.640. The van der Waals surface area contributed by atoms with Crippen molar-refractivity contribution in [1.29, 1.82) is 0 Å². The molecule has 2 aliphatic heterocycles. The lowest BCUT2D eigenvalue weighted by Crippen LogP contribution is -2.39. The number of alkyl halides is 1. The predicted molar refractivity (Wildman–Crippen MR) is 54.2 cm³/mol. The molecule has 0 N–H and O–H groups in total. The van der Waals surface area contributed by atoms with Crippen molar-refractivity contribution < 1.29 is 9.18 Å². The quantitative estimate of drug-likeness (QED) is 0.637. The summed E-state index contributed by atoms with van der Waals surface area (Å²) in [5.41, 5.74) is -1.47. The maximum absolute atomic E-state index is 13.6. The molecule has 1 aliphatic carbocycles. The van der Waals surface area contributed by atoms with Crippen molar-refractivity contribution in [3.8, 4) is 0 Å². The van der Waals surface area contributed by atoms with Crippen molar-refractivity contribution in [3.05, 3.63) is 0 Å². The molecule has 1 amide bonds. The first-order chi connectivity index (χ1) is 7.10. The lowest BCUT2D eigenvalue weighted by Gasteiger charge is -2.21. The molecule has 4 heteroatoms. The van der Waals surface area contributed by atoms with Gasteiger partial charge in [-0.1, -0.05) is 0 Å². The molecule has 2 atom stereocenters. The number of rotatable bonds is 1. The number of carbonyl (C=O) groups excluding carboxylic acids is 1. The average molecular weight is 212 g/mol. The molecule has 15 heavy (non-hydrogen) atoms. The number of carbonyl (C=O) groups is 1. The third-order valence-corrected chi connectivity index (χ3v) is 4.18. The fourth-order valence-electron chi connectivity index (χ4n) is 2.95. The summed E-state index contributed by atoms with van der Waals surface area (Å²) in [6.45, 7) is 2.64.